The number of rotatable bonds is 3. The van der Waals surface area contributed by atoms with Gasteiger partial charge >= 0.3 is 0 Å². The van der Waals surface area contributed by atoms with Crippen LogP contribution in [-0.2, 0) is 10.2 Å². The number of nitrogens with one attached hydrogen (secondary N) is 1. The molecule has 0 atom stereocenters. The summed E-state index contributed by atoms with van der Waals surface area (Å²) in [6.45, 7) is 2.47. The highest BCUT2D eigenvalue weighted by Crippen LogP contribution is 2.49. The van der Waals surface area contributed by atoms with E-state index in [0.717, 1.165) is 23.4 Å². The van der Waals surface area contributed by atoms with Crippen LogP contribution in [-0.4, -0.2) is 12.5 Å². The minimum absolute atomic E-state index is 0.152. The molecule has 0 aliphatic heterocycles. The summed E-state index contributed by atoms with van der Waals surface area (Å²) >= 11 is 5.84. The van der Waals surface area contributed by atoms with Crippen LogP contribution in [0.15, 0.2) is 24.3 Å². The molecular formula is C12H14ClNO. The zero-order valence-corrected chi connectivity index (χ0v) is 9.47. The van der Waals surface area contributed by atoms with E-state index in [1.165, 1.54) is 0 Å². The quantitative estimate of drug-likeness (QED) is 0.619. The van der Waals surface area contributed by atoms with Crippen molar-refractivity contribution in [3.63, 3.8) is 0 Å². The fourth-order valence-corrected chi connectivity index (χ4v) is 1.95. The largest absolute Gasteiger partial charge is 0.481 e. The van der Waals surface area contributed by atoms with Crippen LogP contribution < -0.4 is 0 Å². The van der Waals surface area contributed by atoms with Gasteiger partial charge in [0.05, 0.1) is 12.0 Å². The first-order valence-electron chi connectivity index (χ1n) is 5.17. The molecular weight excluding hydrogens is 210 g/mol. The Kier molecular flexibility index (Phi) is 2.70. The summed E-state index contributed by atoms with van der Waals surface area (Å²) in [5.74, 6) is 0.396. The SMILES string of the molecule is CCOC(=N)C1(c2ccc(Cl)cc2)CC1. The number of hydrogen-bond donors (Lipinski definition) is 1. The van der Waals surface area contributed by atoms with Crippen molar-refractivity contribution in [2.24, 2.45) is 0 Å². The normalized spacial score (nSPS) is 17.2. The van der Waals surface area contributed by atoms with Crippen molar-refractivity contribution in [1.29, 1.82) is 5.41 Å². The van der Waals surface area contributed by atoms with E-state index in [1.807, 2.05) is 31.2 Å². The lowest BCUT2D eigenvalue weighted by Crippen LogP contribution is -2.22. The maximum Gasteiger partial charge on any atom is 0.191 e. The predicted octanol–water partition coefficient (Wildman–Crippen LogP) is 3.39. The minimum atomic E-state index is -0.152. The van der Waals surface area contributed by atoms with Crippen molar-refractivity contribution in [1.82, 2.24) is 0 Å². The monoisotopic (exact) mass is 223 g/mol. The Morgan fingerprint density at radius 2 is 2.00 bits per heavy atom. The summed E-state index contributed by atoms with van der Waals surface area (Å²) in [4.78, 5) is 0. The molecule has 80 valence electrons. The molecule has 0 unspecified atom stereocenters. The summed E-state index contributed by atoms with van der Waals surface area (Å²) in [6, 6.07) is 7.72. The molecule has 1 aliphatic rings. The third kappa shape index (κ3) is 1.86. The highest BCUT2D eigenvalue weighted by molar-refractivity contribution is 6.30. The van der Waals surface area contributed by atoms with Crippen LogP contribution in [0.25, 0.3) is 0 Å². The van der Waals surface area contributed by atoms with Crippen LogP contribution in [0.2, 0.25) is 5.02 Å². The Hall–Kier alpha value is -1.02. The molecule has 0 radical (unpaired) electrons. The van der Waals surface area contributed by atoms with E-state index in [1.54, 1.807) is 0 Å². The Bertz CT molecular complexity index is 368. The average Bonchev–Trinajstić information content (AvgIpc) is 3.00. The van der Waals surface area contributed by atoms with Gasteiger partial charge in [0.25, 0.3) is 0 Å². The molecule has 1 saturated carbocycles. The fourth-order valence-electron chi connectivity index (χ4n) is 1.82. The molecule has 0 amide bonds. The first kappa shape index (κ1) is 10.5. The summed E-state index contributed by atoms with van der Waals surface area (Å²) in [5, 5.41) is 8.62. The van der Waals surface area contributed by atoms with Gasteiger partial charge in [0.1, 0.15) is 0 Å². The second-order valence-corrected chi connectivity index (χ2v) is 4.29. The molecule has 3 heteroatoms. The van der Waals surface area contributed by atoms with Gasteiger partial charge in [-0.25, -0.2) is 0 Å². The third-order valence-corrected chi connectivity index (χ3v) is 3.12. The molecule has 1 N–H and O–H groups in total. The fraction of sp³-hybridized carbons (Fsp3) is 0.417. The van der Waals surface area contributed by atoms with Crippen molar-refractivity contribution >= 4 is 17.5 Å². The van der Waals surface area contributed by atoms with Gasteiger partial charge in [-0.05, 0) is 37.5 Å². The van der Waals surface area contributed by atoms with E-state index in [4.69, 9.17) is 21.7 Å². The van der Waals surface area contributed by atoms with E-state index >= 15 is 0 Å². The van der Waals surface area contributed by atoms with Crippen molar-refractivity contribution in [3.05, 3.63) is 34.9 Å². The van der Waals surface area contributed by atoms with Gasteiger partial charge in [-0.15, -0.1) is 0 Å². The Labute approximate surface area is 94.7 Å². The number of hydrogen-bond acceptors (Lipinski definition) is 2. The molecule has 1 aliphatic carbocycles. The maximum atomic E-state index is 7.89. The zero-order chi connectivity index (χ0) is 10.9. The van der Waals surface area contributed by atoms with Crippen LogP contribution in [0.3, 0.4) is 0 Å². The van der Waals surface area contributed by atoms with E-state index in [9.17, 15) is 0 Å². The van der Waals surface area contributed by atoms with Gasteiger partial charge < -0.3 is 4.74 Å². The van der Waals surface area contributed by atoms with Gasteiger partial charge in [0, 0.05) is 5.02 Å². The molecule has 2 rings (SSSR count). The lowest BCUT2D eigenvalue weighted by Gasteiger charge is -2.16. The Morgan fingerprint density at radius 3 is 2.47 bits per heavy atom. The van der Waals surface area contributed by atoms with Gasteiger partial charge in [0.15, 0.2) is 5.90 Å². The smallest absolute Gasteiger partial charge is 0.191 e. The molecule has 1 aromatic rings. The van der Waals surface area contributed by atoms with Crippen molar-refractivity contribution < 1.29 is 4.74 Å². The van der Waals surface area contributed by atoms with Gasteiger partial charge in [-0.2, -0.15) is 0 Å². The minimum Gasteiger partial charge on any atom is -0.481 e. The summed E-state index contributed by atoms with van der Waals surface area (Å²) < 4.78 is 5.30. The van der Waals surface area contributed by atoms with E-state index in [-0.39, 0.29) is 5.41 Å². The summed E-state index contributed by atoms with van der Waals surface area (Å²) in [7, 11) is 0. The van der Waals surface area contributed by atoms with Crippen LogP contribution in [0, 0.1) is 5.41 Å². The molecule has 0 bridgehead atoms. The first-order valence-corrected chi connectivity index (χ1v) is 5.55. The van der Waals surface area contributed by atoms with E-state index in [0.29, 0.717) is 12.5 Å². The summed E-state index contributed by atoms with van der Waals surface area (Å²) in [6.07, 6.45) is 2.01. The van der Waals surface area contributed by atoms with Gasteiger partial charge in [-0.1, -0.05) is 23.7 Å². The average molecular weight is 224 g/mol. The number of benzene rings is 1. The molecule has 0 spiro atoms. The molecule has 1 fully saturated rings. The highest BCUT2D eigenvalue weighted by Gasteiger charge is 2.49. The van der Waals surface area contributed by atoms with Crippen LogP contribution >= 0.6 is 11.6 Å². The van der Waals surface area contributed by atoms with E-state index in [2.05, 4.69) is 0 Å². The lowest BCUT2D eigenvalue weighted by molar-refractivity contribution is 0.305. The molecule has 2 nitrogen and oxygen atoms in total. The van der Waals surface area contributed by atoms with Crippen LogP contribution in [0.4, 0.5) is 0 Å². The molecule has 0 saturated heterocycles. The van der Waals surface area contributed by atoms with E-state index < -0.39 is 0 Å². The van der Waals surface area contributed by atoms with Crippen molar-refractivity contribution in [3.8, 4) is 0 Å². The second-order valence-electron chi connectivity index (χ2n) is 3.85. The highest BCUT2D eigenvalue weighted by atomic mass is 35.5. The van der Waals surface area contributed by atoms with Crippen LogP contribution in [0.5, 0.6) is 0 Å². The lowest BCUT2D eigenvalue weighted by atomic mass is 9.96. The van der Waals surface area contributed by atoms with Gasteiger partial charge in [-0.3, -0.25) is 5.41 Å². The Balaban J connectivity index is 2.22. The number of ether oxygens (including phenoxy) is 1. The maximum absolute atomic E-state index is 7.89. The number of halogens is 1. The molecule has 0 heterocycles. The van der Waals surface area contributed by atoms with Crippen molar-refractivity contribution in [2.75, 3.05) is 6.61 Å². The second kappa shape index (κ2) is 3.86. The molecule has 15 heavy (non-hydrogen) atoms. The predicted molar refractivity (Wildman–Crippen MR) is 61.7 cm³/mol. The van der Waals surface area contributed by atoms with Crippen LogP contribution in [0.1, 0.15) is 25.3 Å². The van der Waals surface area contributed by atoms with Gasteiger partial charge in [0.2, 0.25) is 0 Å². The third-order valence-electron chi connectivity index (χ3n) is 2.87. The molecule has 1 aromatic carbocycles. The van der Waals surface area contributed by atoms with Crippen molar-refractivity contribution in [2.45, 2.75) is 25.2 Å². The zero-order valence-electron chi connectivity index (χ0n) is 8.72. The molecule has 0 aromatic heterocycles. The first-order chi connectivity index (χ1) is 7.19. The Morgan fingerprint density at radius 1 is 1.40 bits per heavy atom. The standard InChI is InChI=1S/C12H14ClNO/c1-2-15-11(14)12(7-8-12)9-3-5-10(13)6-4-9/h3-6,14H,2,7-8H2,1H3. The topological polar surface area (TPSA) is 33.1 Å². The summed E-state index contributed by atoms with van der Waals surface area (Å²) in [5.41, 5.74) is 0.992.